The summed E-state index contributed by atoms with van der Waals surface area (Å²) in [5.41, 5.74) is 2.67. The van der Waals surface area contributed by atoms with E-state index in [-0.39, 0.29) is 36.7 Å². The van der Waals surface area contributed by atoms with E-state index in [0.29, 0.717) is 29.9 Å². The molecule has 3 aromatic rings. The first-order chi connectivity index (χ1) is 14.1. The summed E-state index contributed by atoms with van der Waals surface area (Å²) in [6.45, 7) is -0.0401. The number of carbonyl (C=O) groups excluding carboxylic acids is 1. The molecule has 2 N–H and O–H groups in total. The molecule has 150 valence electrons. The summed E-state index contributed by atoms with van der Waals surface area (Å²) in [6.07, 6.45) is 4.19. The van der Waals surface area contributed by atoms with Crippen LogP contribution in [-0.4, -0.2) is 44.0 Å². The molecule has 0 radical (unpaired) electrons. The van der Waals surface area contributed by atoms with Gasteiger partial charge in [-0.1, -0.05) is 0 Å². The van der Waals surface area contributed by atoms with Gasteiger partial charge in [0.1, 0.15) is 24.0 Å². The quantitative estimate of drug-likeness (QED) is 0.663. The number of H-pyrrole nitrogens is 1. The molecule has 0 amide bonds. The number of ether oxygens (including phenoxy) is 1. The summed E-state index contributed by atoms with van der Waals surface area (Å²) in [6, 6.07) is 8.02. The highest BCUT2D eigenvalue weighted by Gasteiger charge is 2.25. The molecule has 0 saturated heterocycles. The Morgan fingerprint density at radius 1 is 1.14 bits per heavy atom. The third-order valence-corrected chi connectivity index (χ3v) is 4.98. The standard InChI is InChI=1S/C21H21FN4O3/c22-15-5-1-13(2-6-15)18-19(17-9-10-23-21(24-17)29-12-11-27)26-20(25-18)14-3-7-16(28)8-4-14/h1-2,5-6,9-10,14,27H,3-4,7-8,11-12H2,(H,25,26). The van der Waals surface area contributed by atoms with Crippen molar-refractivity contribution in [2.75, 3.05) is 13.2 Å². The van der Waals surface area contributed by atoms with E-state index in [1.807, 2.05) is 0 Å². The number of nitrogens with zero attached hydrogens (tertiary/aromatic N) is 3. The molecule has 1 aliphatic carbocycles. The zero-order valence-electron chi connectivity index (χ0n) is 15.8. The largest absolute Gasteiger partial charge is 0.461 e. The number of ketones is 1. The Bertz CT molecular complexity index is 993. The first-order valence-corrected chi connectivity index (χ1v) is 9.58. The molecule has 0 atom stereocenters. The van der Waals surface area contributed by atoms with Crippen molar-refractivity contribution in [1.82, 2.24) is 19.9 Å². The van der Waals surface area contributed by atoms with Gasteiger partial charge in [0.25, 0.3) is 0 Å². The summed E-state index contributed by atoms with van der Waals surface area (Å²) >= 11 is 0. The molecule has 2 heterocycles. The number of nitrogens with one attached hydrogen (secondary N) is 1. The minimum atomic E-state index is -0.321. The van der Waals surface area contributed by atoms with Gasteiger partial charge in [-0.2, -0.15) is 4.98 Å². The third-order valence-electron chi connectivity index (χ3n) is 4.98. The lowest BCUT2D eigenvalue weighted by atomic mass is 9.88. The number of aliphatic hydroxyl groups is 1. The number of rotatable bonds is 6. The van der Waals surface area contributed by atoms with Gasteiger partial charge in [0.15, 0.2) is 0 Å². The molecule has 1 aliphatic rings. The maximum absolute atomic E-state index is 13.4. The number of hydrogen-bond donors (Lipinski definition) is 2. The van der Waals surface area contributed by atoms with Gasteiger partial charge in [-0.3, -0.25) is 4.79 Å². The van der Waals surface area contributed by atoms with Crippen LogP contribution < -0.4 is 4.74 Å². The Balaban J connectivity index is 1.74. The van der Waals surface area contributed by atoms with Crippen molar-refractivity contribution < 1.29 is 19.0 Å². The van der Waals surface area contributed by atoms with E-state index >= 15 is 0 Å². The molecular weight excluding hydrogens is 375 g/mol. The lowest BCUT2D eigenvalue weighted by Crippen LogP contribution is -2.13. The zero-order valence-corrected chi connectivity index (χ0v) is 15.8. The minimum Gasteiger partial charge on any atom is -0.461 e. The predicted octanol–water partition coefficient (Wildman–Crippen LogP) is 3.27. The molecule has 2 aromatic heterocycles. The van der Waals surface area contributed by atoms with Crippen molar-refractivity contribution in [2.24, 2.45) is 0 Å². The Kier molecular flexibility index (Phi) is 5.62. The van der Waals surface area contributed by atoms with Crippen LogP contribution in [0, 0.1) is 5.82 Å². The van der Waals surface area contributed by atoms with Gasteiger partial charge in [-0.05, 0) is 43.2 Å². The zero-order chi connectivity index (χ0) is 20.2. The minimum absolute atomic E-state index is 0.0958. The van der Waals surface area contributed by atoms with Crippen LogP contribution in [0.25, 0.3) is 22.6 Å². The number of aromatic amines is 1. The highest BCUT2D eigenvalue weighted by molar-refractivity contribution is 5.79. The number of hydrogen-bond acceptors (Lipinski definition) is 6. The van der Waals surface area contributed by atoms with E-state index in [0.717, 1.165) is 24.2 Å². The molecular formula is C21H21FN4O3. The smallest absolute Gasteiger partial charge is 0.317 e. The average molecular weight is 396 g/mol. The van der Waals surface area contributed by atoms with Crippen LogP contribution in [0.1, 0.15) is 37.4 Å². The molecule has 1 fully saturated rings. The van der Waals surface area contributed by atoms with Crippen LogP contribution in [0.5, 0.6) is 6.01 Å². The number of imidazole rings is 1. The Morgan fingerprint density at radius 3 is 2.62 bits per heavy atom. The molecule has 7 nitrogen and oxygen atoms in total. The molecule has 0 bridgehead atoms. The van der Waals surface area contributed by atoms with Crippen molar-refractivity contribution in [2.45, 2.75) is 31.6 Å². The number of Topliss-reactive ketones (excluding diaryl/α,β-unsaturated/α-hetero) is 1. The van der Waals surface area contributed by atoms with Gasteiger partial charge in [-0.15, -0.1) is 0 Å². The van der Waals surface area contributed by atoms with Gasteiger partial charge in [-0.25, -0.2) is 14.4 Å². The first kappa shape index (κ1) is 19.2. The van der Waals surface area contributed by atoms with Crippen LogP contribution >= 0.6 is 0 Å². The number of aromatic nitrogens is 4. The predicted molar refractivity (Wildman–Crippen MR) is 104 cm³/mol. The van der Waals surface area contributed by atoms with Crippen LogP contribution in [0.4, 0.5) is 4.39 Å². The molecule has 1 saturated carbocycles. The molecule has 4 rings (SSSR count). The molecule has 8 heteroatoms. The molecule has 1 aromatic carbocycles. The maximum Gasteiger partial charge on any atom is 0.317 e. The van der Waals surface area contributed by atoms with E-state index < -0.39 is 0 Å². The number of carbonyl (C=O) groups is 1. The van der Waals surface area contributed by atoms with Gasteiger partial charge >= 0.3 is 6.01 Å². The van der Waals surface area contributed by atoms with E-state index in [2.05, 4.69) is 15.0 Å². The third kappa shape index (κ3) is 4.32. The van der Waals surface area contributed by atoms with Gasteiger partial charge in [0.2, 0.25) is 0 Å². The summed E-state index contributed by atoms with van der Waals surface area (Å²) in [5.74, 6) is 0.919. The van der Waals surface area contributed by atoms with E-state index in [1.54, 1.807) is 24.4 Å². The fourth-order valence-electron chi connectivity index (χ4n) is 3.49. The summed E-state index contributed by atoms with van der Waals surface area (Å²) in [5, 5.41) is 8.94. The summed E-state index contributed by atoms with van der Waals surface area (Å²) < 4.78 is 18.7. The fraction of sp³-hybridized carbons (Fsp3) is 0.333. The van der Waals surface area contributed by atoms with Crippen molar-refractivity contribution in [3.63, 3.8) is 0 Å². The van der Waals surface area contributed by atoms with Crippen molar-refractivity contribution in [3.8, 4) is 28.7 Å². The lowest BCUT2D eigenvalue weighted by molar-refractivity contribution is -0.120. The van der Waals surface area contributed by atoms with Gasteiger partial charge in [0.05, 0.1) is 23.7 Å². The van der Waals surface area contributed by atoms with Gasteiger partial charge < -0.3 is 14.8 Å². The Morgan fingerprint density at radius 2 is 1.90 bits per heavy atom. The topological polar surface area (TPSA) is 101 Å². The van der Waals surface area contributed by atoms with Crippen LogP contribution in [0.3, 0.4) is 0 Å². The van der Waals surface area contributed by atoms with Crippen LogP contribution in [0.2, 0.25) is 0 Å². The lowest BCUT2D eigenvalue weighted by Gasteiger charge is -2.18. The maximum atomic E-state index is 13.4. The fourth-order valence-corrected chi connectivity index (χ4v) is 3.49. The van der Waals surface area contributed by atoms with E-state index in [1.165, 1.54) is 12.1 Å². The number of halogens is 1. The average Bonchev–Trinajstić information content (AvgIpc) is 3.19. The van der Waals surface area contributed by atoms with Gasteiger partial charge in [0, 0.05) is 30.5 Å². The molecule has 0 aliphatic heterocycles. The van der Waals surface area contributed by atoms with Crippen LogP contribution in [0.15, 0.2) is 36.5 Å². The summed E-state index contributed by atoms with van der Waals surface area (Å²) in [7, 11) is 0. The van der Waals surface area contributed by atoms with E-state index in [9.17, 15) is 9.18 Å². The Labute approximate surface area is 167 Å². The molecule has 0 spiro atoms. The highest BCUT2D eigenvalue weighted by Crippen LogP contribution is 2.35. The van der Waals surface area contributed by atoms with Crippen molar-refractivity contribution in [1.29, 1.82) is 0 Å². The van der Waals surface area contributed by atoms with Crippen LogP contribution in [-0.2, 0) is 4.79 Å². The van der Waals surface area contributed by atoms with E-state index in [4.69, 9.17) is 14.8 Å². The second kappa shape index (κ2) is 8.48. The highest BCUT2D eigenvalue weighted by atomic mass is 19.1. The number of aliphatic hydroxyl groups excluding tert-OH is 1. The summed E-state index contributed by atoms with van der Waals surface area (Å²) in [4.78, 5) is 28.2. The monoisotopic (exact) mass is 396 g/mol. The second-order valence-corrected chi connectivity index (χ2v) is 6.96. The Hall–Kier alpha value is -3.13. The normalized spacial score (nSPS) is 14.9. The second-order valence-electron chi connectivity index (χ2n) is 6.96. The molecule has 0 unspecified atom stereocenters. The van der Waals surface area contributed by atoms with Crippen molar-refractivity contribution >= 4 is 5.78 Å². The van der Waals surface area contributed by atoms with Crippen molar-refractivity contribution in [3.05, 3.63) is 48.2 Å². The molecule has 29 heavy (non-hydrogen) atoms. The number of benzene rings is 1. The SMILES string of the molecule is O=C1CCC(c2nc(-c3ccc(F)cc3)c(-c3ccnc(OCCO)n3)[nH]2)CC1. The first-order valence-electron chi connectivity index (χ1n) is 9.58.